The summed E-state index contributed by atoms with van der Waals surface area (Å²) >= 11 is 0. The van der Waals surface area contributed by atoms with Crippen molar-refractivity contribution < 1.29 is 10.2 Å². The normalized spacial score (nSPS) is 15.3. The highest BCUT2D eigenvalue weighted by Gasteiger charge is 2.31. The van der Waals surface area contributed by atoms with Crippen LogP contribution in [0.25, 0.3) is 0 Å². The van der Waals surface area contributed by atoms with E-state index in [-0.39, 0.29) is 17.7 Å². The Kier molecular flexibility index (Phi) is 9.10. The van der Waals surface area contributed by atoms with E-state index in [1.165, 1.54) is 11.1 Å². The van der Waals surface area contributed by atoms with E-state index in [4.69, 9.17) is 9.98 Å². The van der Waals surface area contributed by atoms with Gasteiger partial charge in [-0.15, -0.1) is 6.58 Å². The van der Waals surface area contributed by atoms with Gasteiger partial charge in [-0.3, -0.25) is 4.90 Å². The van der Waals surface area contributed by atoms with Crippen molar-refractivity contribution >= 4 is 11.7 Å². The summed E-state index contributed by atoms with van der Waals surface area (Å²) in [6, 6.07) is 16.2. The molecule has 1 aliphatic rings. The van der Waals surface area contributed by atoms with E-state index < -0.39 is 0 Å². The standard InChI is InChI=1S/C34H42N4O2/c1-8-17-37(18-9-2)21-29-30(39)16-15-28(31(29)40)32-35-33(26-13-11-22(4)19-24(26)6)38(10-3)34(36-32)27-14-12-23(5)20-25(27)7/h8,11-16,19-20,33,39-40H,1,9-10,17-18,21H2,2-7H3. The molecule has 3 aromatic carbocycles. The summed E-state index contributed by atoms with van der Waals surface area (Å²) in [5.74, 6) is 1.34. The first-order chi connectivity index (χ1) is 19.2. The second-order valence-corrected chi connectivity index (χ2v) is 10.7. The van der Waals surface area contributed by atoms with Crippen molar-refractivity contribution in [1.29, 1.82) is 0 Å². The lowest BCUT2D eigenvalue weighted by Crippen LogP contribution is -2.39. The van der Waals surface area contributed by atoms with Gasteiger partial charge in [-0.25, -0.2) is 9.98 Å². The summed E-state index contributed by atoms with van der Waals surface area (Å²) in [5, 5.41) is 22.3. The zero-order valence-corrected chi connectivity index (χ0v) is 24.7. The van der Waals surface area contributed by atoms with Crippen LogP contribution in [0.2, 0.25) is 0 Å². The molecule has 1 atom stereocenters. The van der Waals surface area contributed by atoms with Crippen LogP contribution >= 0.6 is 0 Å². The Morgan fingerprint density at radius 3 is 2.23 bits per heavy atom. The number of benzene rings is 3. The first-order valence-corrected chi connectivity index (χ1v) is 14.1. The van der Waals surface area contributed by atoms with Crippen LogP contribution < -0.4 is 0 Å². The van der Waals surface area contributed by atoms with Crippen molar-refractivity contribution in [3.63, 3.8) is 0 Å². The largest absolute Gasteiger partial charge is 0.507 e. The number of nitrogens with zero attached hydrogens (tertiary/aromatic N) is 4. The highest BCUT2D eigenvalue weighted by molar-refractivity contribution is 6.14. The van der Waals surface area contributed by atoms with Gasteiger partial charge in [0.25, 0.3) is 0 Å². The van der Waals surface area contributed by atoms with Gasteiger partial charge in [0.05, 0.1) is 11.1 Å². The molecule has 1 aliphatic heterocycles. The number of phenolic OH excluding ortho intramolecular Hbond substituents is 2. The van der Waals surface area contributed by atoms with E-state index in [2.05, 4.69) is 94.3 Å². The number of hydrogen-bond donors (Lipinski definition) is 2. The average Bonchev–Trinajstić information content (AvgIpc) is 2.91. The predicted octanol–water partition coefficient (Wildman–Crippen LogP) is 6.96. The van der Waals surface area contributed by atoms with Crippen LogP contribution in [-0.4, -0.2) is 51.3 Å². The number of hydrogen-bond acceptors (Lipinski definition) is 6. The minimum absolute atomic E-state index is 0.0111. The SMILES string of the molecule is C=CCN(CCC)Cc1c(O)ccc(C2=NC(c3ccc(C)cc3C)N(CC)C(c3ccc(C)cc3C)=N2)c1O. The number of phenols is 2. The van der Waals surface area contributed by atoms with Gasteiger partial charge in [0, 0.05) is 25.2 Å². The fraction of sp³-hybridized carbons (Fsp3) is 0.353. The minimum atomic E-state index is -0.317. The molecular weight excluding hydrogens is 496 g/mol. The summed E-state index contributed by atoms with van der Waals surface area (Å²) in [6.07, 6.45) is 2.48. The Morgan fingerprint density at radius 1 is 0.925 bits per heavy atom. The zero-order chi connectivity index (χ0) is 29.0. The molecule has 0 aliphatic carbocycles. The third-order valence-electron chi connectivity index (χ3n) is 7.50. The molecule has 0 bridgehead atoms. The predicted molar refractivity (Wildman–Crippen MR) is 166 cm³/mol. The van der Waals surface area contributed by atoms with Crippen LogP contribution in [0.15, 0.2) is 71.2 Å². The Balaban J connectivity index is 1.91. The van der Waals surface area contributed by atoms with Crippen LogP contribution in [0.4, 0.5) is 0 Å². The van der Waals surface area contributed by atoms with Gasteiger partial charge in [-0.2, -0.15) is 0 Å². The number of aliphatic imine (C=N–C) groups is 2. The summed E-state index contributed by atoms with van der Waals surface area (Å²) in [4.78, 5) is 14.6. The topological polar surface area (TPSA) is 71.7 Å². The number of amidine groups is 2. The molecule has 0 radical (unpaired) electrons. The molecule has 210 valence electrons. The van der Waals surface area contributed by atoms with E-state index >= 15 is 0 Å². The van der Waals surface area contributed by atoms with Crippen molar-refractivity contribution in [3.05, 3.63) is 106 Å². The van der Waals surface area contributed by atoms with Crippen LogP contribution in [-0.2, 0) is 6.54 Å². The van der Waals surface area contributed by atoms with E-state index in [0.29, 0.717) is 36.6 Å². The van der Waals surface area contributed by atoms with Gasteiger partial charge in [-0.1, -0.05) is 60.5 Å². The van der Waals surface area contributed by atoms with Gasteiger partial charge in [0.15, 0.2) is 12.0 Å². The second-order valence-electron chi connectivity index (χ2n) is 10.7. The van der Waals surface area contributed by atoms with Crippen molar-refractivity contribution in [2.45, 2.75) is 60.7 Å². The van der Waals surface area contributed by atoms with E-state index in [0.717, 1.165) is 41.1 Å². The Hall–Kier alpha value is -3.90. The van der Waals surface area contributed by atoms with Crippen molar-refractivity contribution in [2.24, 2.45) is 9.98 Å². The summed E-state index contributed by atoms with van der Waals surface area (Å²) in [6.45, 7) is 19.1. The highest BCUT2D eigenvalue weighted by Crippen LogP contribution is 2.37. The van der Waals surface area contributed by atoms with Crippen LogP contribution in [0.5, 0.6) is 11.5 Å². The maximum absolute atomic E-state index is 11.5. The molecular formula is C34H42N4O2. The molecule has 0 fully saturated rings. The van der Waals surface area contributed by atoms with Crippen molar-refractivity contribution in [1.82, 2.24) is 9.80 Å². The number of aryl methyl sites for hydroxylation is 4. The van der Waals surface area contributed by atoms with Gasteiger partial charge in [0.1, 0.15) is 17.3 Å². The van der Waals surface area contributed by atoms with E-state index in [1.54, 1.807) is 12.1 Å². The van der Waals surface area contributed by atoms with Gasteiger partial charge >= 0.3 is 0 Å². The van der Waals surface area contributed by atoms with E-state index in [1.807, 2.05) is 6.08 Å². The molecule has 0 spiro atoms. The Bertz CT molecular complexity index is 1460. The van der Waals surface area contributed by atoms with Gasteiger partial charge < -0.3 is 15.1 Å². The zero-order valence-electron chi connectivity index (χ0n) is 24.7. The highest BCUT2D eigenvalue weighted by atomic mass is 16.3. The monoisotopic (exact) mass is 538 g/mol. The maximum atomic E-state index is 11.5. The molecule has 3 aromatic rings. The van der Waals surface area contributed by atoms with Crippen molar-refractivity contribution in [3.8, 4) is 11.5 Å². The smallest absolute Gasteiger partial charge is 0.163 e. The average molecular weight is 539 g/mol. The Morgan fingerprint density at radius 2 is 1.60 bits per heavy atom. The van der Waals surface area contributed by atoms with E-state index in [9.17, 15) is 10.2 Å². The third-order valence-corrected chi connectivity index (χ3v) is 7.50. The molecule has 1 heterocycles. The first kappa shape index (κ1) is 29.1. The third kappa shape index (κ3) is 5.97. The molecule has 0 saturated carbocycles. The van der Waals surface area contributed by atoms with Crippen LogP contribution in [0.3, 0.4) is 0 Å². The molecule has 0 saturated heterocycles. The fourth-order valence-electron chi connectivity index (χ4n) is 5.50. The van der Waals surface area contributed by atoms with Crippen LogP contribution in [0.1, 0.15) is 70.9 Å². The molecule has 6 heteroatoms. The minimum Gasteiger partial charge on any atom is -0.507 e. The Labute approximate surface area is 239 Å². The van der Waals surface area contributed by atoms with Gasteiger partial charge in [0.2, 0.25) is 0 Å². The molecule has 6 nitrogen and oxygen atoms in total. The molecule has 4 rings (SSSR count). The summed E-state index contributed by atoms with van der Waals surface area (Å²) < 4.78 is 0. The summed E-state index contributed by atoms with van der Waals surface area (Å²) in [7, 11) is 0. The number of aromatic hydroxyl groups is 2. The van der Waals surface area contributed by atoms with Crippen molar-refractivity contribution in [2.75, 3.05) is 19.6 Å². The molecule has 0 amide bonds. The number of rotatable bonds is 10. The molecule has 1 unspecified atom stereocenters. The molecule has 2 N–H and O–H groups in total. The molecule has 40 heavy (non-hydrogen) atoms. The first-order valence-electron chi connectivity index (χ1n) is 14.1. The lowest BCUT2D eigenvalue weighted by atomic mass is 9.99. The summed E-state index contributed by atoms with van der Waals surface area (Å²) in [5.41, 5.74) is 7.79. The fourth-order valence-corrected chi connectivity index (χ4v) is 5.50. The van der Waals surface area contributed by atoms with Crippen LogP contribution in [0, 0.1) is 27.7 Å². The maximum Gasteiger partial charge on any atom is 0.163 e. The lowest BCUT2D eigenvalue weighted by Gasteiger charge is -2.36. The lowest BCUT2D eigenvalue weighted by molar-refractivity contribution is 0.284. The second kappa shape index (κ2) is 12.5. The quantitative estimate of drug-likeness (QED) is 0.274. The molecule has 0 aromatic heterocycles. The van der Waals surface area contributed by atoms with Gasteiger partial charge in [-0.05, 0) is 76.4 Å².